The molecule has 0 heterocycles. The van der Waals surface area contributed by atoms with Crippen molar-refractivity contribution < 1.29 is 14.8 Å². The molecule has 0 radical (unpaired) electrons. The Morgan fingerprint density at radius 2 is 2.28 bits per heavy atom. The van der Waals surface area contributed by atoms with E-state index in [1.807, 2.05) is 22.6 Å². The van der Waals surface area contributed by atoms with E-state index in [0.717, 1.165) is 0 Å². The van der Waals surface area contributed by atoms with Crippen molar-refractivity contribution in [3.8, 4) is 0 Å². The van der Waals surface area contributed by atoms with Gasteiger partial charge in [0.1, 0.15) is 0 Å². The molecular formula is C11H13IN2O4. The van der Waals surface area contributed by atoms with Crippen LogP contribution < -0.4 is 5.32 Å². The second-order valence-electron chi connectivity index (χ2n) is 3.69. The average Bonchev–Trinajstić information content (AvgIpc) is 2.35. The predicted octanol–water partition coefficient (Wildman–Crippen LogP) is 1.70. The van der Waals surface area contributed by atoms with Gasteiger partial charge in [-0.15, -0.1) is 0 Å². The molecule has 0 saturated carbocycles. The summed E-state index contributed by atoms with van der Waals surface area (Å²) in [7, 11) is 0. The van der Waals surface area contributed by atoms with Crippen LogP contribution in [0, 0.1) is 13.7 Å². The fourth-order valence-electron chi connectivity index (χ4n) is 1.25. The maximum absolute atomic E-state index is 11.8. The Morgan fingerprint density at radius 1 is 1.61 bits per heavy atom. The van der Waals surface area contributed by atoms with Gasteiger partial charge < -0.3 is 10.4 Å². The van der Waals surface area contributed by atoms with Crippen LogP contribution in [0.5, 0.6) is 0 Å². The molecular weight excluding hydrogens is 351 g/mol. The Labute approximate surface area is 118 Å². The number of carbonyl (C=O) groups is 1. The molecule has 1 amide bonds. The largest absolute Gasteiger partial charge is 0.391 e. The lowest BCUT2D eigenvalue weighted by Crippen LogP contribution is -2.32. The molecule has 1 rings (SSSR count). The minimum atomic E-state index is -0.606. The first-order valence-electron chi connectivity index (χ1n) is 5.36. The van der Waals surface area contributed by atoms with Crippen LogP contribution in [0.2, 0.25) is 0 Å². The fraction of sp³-hybridized carbons (Fsp3) is 0.364. The molecule has 1 aromatic carbocycles. The summed E-state index contributed by atoms with van der Waals surface area (Å²) in [5, 5.41) is 22.5. The van der Waals surface area contributed by atoms with Gasteiger partial charge in [-0.1, -0.05) is 6.92 Å². The van der Waals surface area contributed by atoms with Crippen molar-refractivity contribution in [3.63, 3.8) is 0 Å². The summed E-state index contributed by atoms with van der Waals surface area (Å²) < 4.78 is 0.627. The van der Waals surface area contributed by atoms with Crippen LogP contribution in [0.3, 0.4) is 0 Å². The van der Waals surface area contributed by atoms with Crippen molar-refractivity contribution in [2.24, 2.45) is 0 Å². The molecule has 0 bridgehead atoms. The molecule has 0 fully saturated rings. The lowest BCUT2D eigenvalue weighted by molar-refractivity contribution is -0.384. The van der Waals surface area contributed by atoms with E-state index in [-0.39, 0.29) is 17.8 Å². The van der Waals surface area contributed by atoms with Crippen LogP contribution in [0.15, 0.2) is 18.2 Å². The number of benzene rings is 1. The van der Waals surface area contributed by atoms with Gasteiger partial charge in [0.2, 0.25) is 0 Å². The summed E-state index contributed by atoms with van der Waals surface area (Å²) in [6.45, 7) is 1.93. The second kappa shape index (κ2) is 6.64. The average molecular weight is 364 g/mol. The molecule has 18 heavy (non-hydrogen) atoms. The summed E-state index contributed by atoms with van der Waals surface area (Å²) in [4.78, 5) is 21.9. The maximum Gasteiger partial charge on any atom is 0.270 e. The van der Waals surface area contributed by atoms with Crippen molar-refractivity contribution in [1.29, 1.82) is 0 Å². The topological polar surface area (TPSA) is 92.5 Å². The van der Waals surface area contributed by atoms with Gasteiger partial charge in [-0.3, -0.25) is 14.9 Å². The Balaban J connectivity index is 2.84. The van der Waals surface area contributed by atoms with E-state index in [1.165, 1.54) is 18.2 Å². The van der Waals surface area contributed by atoms with Gasteiger partial charge in [-0.25, -0.2) is 0 Å². The summed E-state index contributed by atoms with van der Waals surface area (Å²) in [5.41, 5.74) is 0.115. The van der Waals surface area contributed by atoms with Crippen LogP contribution in [-0.4, -0.2) is 28.6 Å². The number of nitrogens with one attached hydrogen (secondary N) is 1. The number of carbonyl (C=O) groups excluding carboxylic acids is 1. The zero-order valence-electron chi connectivity index (χ0n) is 9.72. The third-order valence-corrected chi connectivity index (χ3v) is 3.32. The monoisotopic (exact) mass is 364 g/mol. The van der Waals surface area contributed by atoms with E-state index in [4.69, 9.17) is 0 Å². The quantitative estimate of drug-likeness (QED) is 0.473. The van der Waals surface area contributed by atoms with Crippen LogP contribution in [0.4, 0.5) is 5.69 Å². The van der Waals surface area contributed by atoms with Gasteiger partial charge in [-0.05, 0) is 35.1 Å². The smallest absolute Gasteiger partial charge is 0.270 e. The number of aliphatic hydroxyl groups is 1. The first-order chi connectivity index (χ1) is 8.45. The van der Waals surface area contributed by atoms with Crippen molar-refractivity contribution in [3.05, 3.63) is 37.4 Å². The molecule has 1 unspecified atom stereocenters. The molecule has 1 atom stereocenters. The second-order valence-corrected chi connectivity index (χ2v) is 4.86. The third kappa shape index (κ3) is 3.91. The van der Waals surface area contributed by atoms with Crippen molar-refractivity contribution in [1.82, 2.24) is 5.32 Å². The molecule has 0 aliphatic heterocycles. The molecule has 0 aliphatic carbocycles. The van der Waals surface area contributed by atoms with Crippen LogP contribution in [-0.2, 0) is 0 Å². The van der Waals surface area contributed by atoms with Crippen molar-refractivity contribution in [2.45, 2.75) is 19.4 Å². The SMILES string of the molecule is CCC(O)CNC(=O)c1cc([N+](=O)[O-])ccc1I. The first kappa shape index (κ1) is 14.8. The number of nitro groups is 1. The fourth-order valence-corrected chi connectivity index (χ4v) is 1.83. The van der Waals surface area contributed by atoms with E-state index in [2.05, 4.69) is 5.32 Å². The number of aliphatic hydroxyl groups excluding tert-OH is 1. The van der Waals surface area contributed by atoms with Crippen molar-refractivity contribution >= 4 is 34.2 Å². The predicted molar refractivity (Wildman–Crippen MR) is 74.4 cm³/mol. The van der Waals surface area contributed by atoms with E-state index in [9.17, 15) is 20.0 Å². The molecule has 0 saturated heterocycles. The molecule has 98 valence electrons. The number of nitro benzene ring substituents is 1. The molecule has 0 aromatic heterocycles. The van der Waals surface area contributed by atoms with E-state index < -0.39 is 16.9 Å². The Hall–Kier alpha value is -1.22. The highest BCUT2D eigenvalue weighted by Crippen LogP contribution is 2.19. The van der Waals surface area contributed by atoms with Gasteiger partial charge in [-0.2, -0.15) is 0 Å². The normalized spacial score (nSPS) is 11.9. The molecule has 6 nitrogen and oxygen atoms in total. The molecule has 1 aromatic rings. The summed E-state index contributed by atoms with van der Waals surface area (Å²) in [6.07, 6.45) is -0.0722. The third-order valence-electron chi connectivity index (χ3n) is 2.37. The van der Waals surface area contributed by atoms with E-state index >= 15 is 0 Å². The number of nitrogens with zero attached hydrogens (tertiary/aromatic N) is 1. The van der Waals surface area contributed by atoms with Gasteiger partial charge in [0, 0.05) is 22.2 Å². The van der Waals surface area contributed by atoms with Crippen LogP contribution in [0.25, 0.3) is 0 Å². The van der Waals surface area contributed by atoms with Gasteiger partial charge in [0.15, 0.2) is 0 Å². The minimum Gasteiger partial charge on any atom is -0.391 e. The Morgan fingerprint density at radius 3 is 2.83 bits per heavy atom. The highest BCUT2D eigenvalue weighted by atomic mass is 127. The number of hydrogen-bond donors (Lipinski definition) is 2. The van der Waals surface area contributed by atoms with Gasteiger partial charge in [0.25, 0.3) is 11.6 Å². The molecule has 0 spiro atoms. The van der Waals surface area contributed by atoms with E-state index in [1.54, 1.807) is 6.92 Å². The lowest BCUT2D eigenvalue weighted by Gasteiger charge is -2.10. The van der Waals surface area contributed by atoms with Crippen LogP contribution in [0.1, 0.15) is 23.7 Å². The number of hydrogen-bond acceptors (Lipinski definition) is 4. The molecule has 7 heteroatoms. The number of halogens is 1. The zero-order valence-corrected chi connectivity index (χ0v) is 11.9. The summed E-state index contributed by atoms with van der Waals surface area (Å²) in [5.74, 6) is -0.421. The summed E-state index contributed by atoms with van der Waals surface area (Å²) >= 11 is 1.94. The van der Waals surface area contributed by atoms with Gasteiger partial charge >= 0.3 is 0 Å². The lowest BCUT2D eigenvalue weighted by atomic mass is 10.2. The summed E-state index contributed by atoms with van der Waals surface area (Å²) in [6, 6.07) is 4.10. The first-order valence-corrected chi connectivity index (χ1v) is 6.43. The van der Waals surface area contributed by atoms with E-state index in [0.29, 0.717) is 9.99 Å². The molecule has 2 N–H and O–H groups in total. The van der Waals surface area contributed by atoms with Crippen LogP contribution >= 0.6 is 22.6 Å². The number of non-ortho nitro benzene ring substituents is 1. The number of rotatable bonds is 5. The van der Waals surface area contributed by atoms with Gasteiger partial charge in [0.05, 0.1) is 16.6 Å². The highest BCUT2D eigenvalue weighted by molar-refractivity contribution is 14.1. The Kier molecular flexibility index (Phi) is 5.48. The highest BCUT2D eigenvalue weighted by Gasteiger charge is 2.15. The Bertz CT molecular complexity index is 464. The number of amides is 1. The van der Waals surface area contributed by atoms with Crippen molar-refractivity contribution in [2.75, 3.05) is 6.54 Å². The molecule has 0 aliphatic rings. The standard InChI is InChI=1S/C11H13IN2O4/c1-2-8(15)6-13-11(16)9-5-7(14(17)18)3-4-10(9)12/h3-5,8,15H,2,6H2,1H3,(H,13,16). The minimum absolute atomic E-state index is 0.128. The zero-order chi connectivity index (χ0) is 13.7. The maximum atomic E-state index is 11.8.